The molecule has 8 nitrogen and oxygen atoms in total. The molecule has 0 aliphatic carbocycles. The lowest BCUT2D eigenvalue weighted by Gasteiger charge is -2.27. The lowest BCUT2D eigenvalue weighted by Crippen LogP contribution is -2.34. The van der Waals surface area contributed by atoms with Gasteiger partial charge in [-0.2, -0.15) is 4.98 Å². The van der Waals surface area contributed by atoms with Crippen LogP contribution in [-0.4, -0.2) is 47.3 Å². The van der Waals surface area contributed by atoms with Gasteiger partial charge in [-0.25, -0.2) is 0 Å². The molecule has 2 rings (SSSR count). The van der Waals surface area contributed by atoms with Crippen molar-refractivity contribution < 1.29 is 14.3 Å². The third-order valence-electron chi connectivity index (χ3n) is 3.97. The van der Waals surface area contributed by atoms with E-state index in [0.29, 0.717) is 24.1 Å². The molecule has 2 unspecified atom stereocenters. The molecule has 1 aromatic heterocycles. The van der Waals surface area contributed by atoms with Gasteiger partial charge in [0, 0.05) is 6.42 Å². The molecule has 0 bridgehead atoms. The van der Waals surface area contributed by atoms with Crippen LogP contribution in [0.5, 0.6) is 0 Å². The van der Waals surface area contributed by atoms with Gasteiger partial charge < -0.3 is 10.1 Å². The molecule has 1 saturated heterocycles. The van der Waals surface area contributed by atoms with Crippen LogP contribution in [0.1, 0.15) is 32.0 Å². The highest BCUT2D eigenvalue weighted by molar-refractivity contribution is 5.89. The van der Waals surface area contributed by atoms with Crippen molar-refractivity contribution in [1.82, 2.24) is 20.5 Å². The van der Waals surface area contributed by atoms with Crippen molar-refractivity contribution in [2.24, 2.45) is 11.8 Å². The minimum atomic E-state index is -0.410. The second-order valence-corrected chi connectivity index (χ2v) is 5.69. The summed E-state index contributed by atoms with van der Waals surface area (Å²) in [7, 11) is 1.31. The van der Waals surface area contributed by atoms with E-state index in [1.54, 1.807) is 0 Å². The third-order valence-corrected chi connectivity index (χ3v) is 3.97. The Morgan fingerprint density at radius 1 is 1.50 bits per heavy atom. The first-order valence-electron chi connectivity index (χ1n) is 7.57. The van der Waals surface area contributed by atoms with E-state index in [1.807, 2.05) is 0 Å². The Morgan fingerprint density at radius 2 is 2.32 bits per heavy atom. The van der Waals surface area contributed by atoms with Crippen molar-refractivity contribution in [2.75, 3.05) is 25.5 Å². The fourth-order valence-electron chi connectivity index (χ4n) is 2.64. The van der Waals surface area contributed by atoms with E-state index >= 15 is 0 Å². The Bertz CT molecular complexity index is 510. The maximum Gasteiger partial charge on any atom is 0.313 e. The molecule has 0 spiro atoms. The maximum atomic E-state index is 12.0. The van der Waals surface area contributed by atoms with Gasteiger partial charge in [0.15, 0.2) is 0 Å². The number of ether oxygens (including phenoxy) is 1. The predicted molar refractivity (Wildman–Crippen MR) is 80.1 cm³/mol. The lowest BCUT2D eigenvalue weighted by molar-refractivity contribution is -0.139. The number of methoxy groups -OCH3 is 1. The molecule has 1 aromatic rings. The zero-order valence-corrected chi connectivity index (χ0v) is 13.0. The number of aromatic amines is 1. The standard InChI is InChI=1S/C14H23N5O3/c1-9(10-4-3-5-15-8-10)6-12(20)17-14-16-11(18-19-14)7-13(21)22-2/h9-10,15H,3-8H2,1-2H3,(H2,16,17,18,19,20). The number of aromatic nitrogens is 3. The summed E-state index contributed by atoms with van der Waals surface area (Å²) in [5.74, 6) is 0.876. The highest BCUT2D eigenvalue weighted by Gasteiger charge is 2.22. The molecule has 22 heavy (non-hydrogen) atoms. The van der Waals surface area contributed by atoms with E-state index < -0.39 is 5.97 Å². The van der Waals surface area contributed by atoms with Crippen molar-refractivity contribution in [3.8, 4) is 0 Å². The third kappa shape index (κ3) is 4.80. The Kier molecular flexibility index (Phi) is 5.88. The molecule has 1 amide bonds. The average molecular weight is 309 g/mol. The summed E-state index contributed by atoms with van der Waals surface area (Å²) >= 11 is 0. The number of hydrogen-bond donors (Lipinski definition) is 3. The Hall–Kier alpha value is -1.96. The van der Waals surface area contributed by atoms with Gasteiger partial charge >= 0.3 is 5.97 Å². The van der Waals surface area contributed by atoms with Gasteiger partial charge in [-0.1, -0.05) is 6.92 Å². The maximum absolute atomic E-state index is 12.0. The molecule has 2 atom stereocenters. The molecule has 1 aliphatic rings. The minimum absolute atomic E-state index is 0.00349. The zero-order valence-electron chi connectivity index (χ0n) is 13.0. The van der Waals surface area contributed by atoms with E-state index in [9.17, 15) is 9.59 Å². The van der Waals surface area contributed by atoms with Gasteiger partial charge in [-0.15, -0.1) is 5.10 Å². The van der Waals surface area contributed by atoms with E-state index in [2.05, 4.69) is 37.5 Å². The number of H-pyrrole nitrogens is 1. The summed E-state index contributed by atoms with van der Waals surface area (Å²) in [6.45, 7) is 4.13. The van der Waals surface area contributed by atoms with Crippen molar-refractivity contribution in [3.63, 3.8) is 0 Å². The topological polar surface area (TPSA) is 109 Å². The molecule has 2 heterocycles. The Morgan fingerprint density at radius 3 is 3.00 bits per heavy atom. The summed E-state index contributed by atoms with van der Waals surface area (Å²) in [6.07, 6.45) is 2.76. The van der Waals surface area contributed by atoms with Crippen LogP contribution in [0.4, 0.5) is 5.95 Å². The van der Waals surface area contributed by atoms with Crippen LogP contribution in [0.15, 0.2) is 0 Å². The molecule has 1 fully saturated rings. The van der Waals surface area contributed by atoms with Gasteiger partial charge in [-0.3, -0.25) is 20.0 Å². The Balaban J connectivity index is 1.80. The molecule has 1 aliphatic heterocycles. The van der Waals surface area contributed by atoms with Crippen LogP contribution in [0.2, 0.25) is 0 Å². The van der Waals surface area contributed by atoms with Crippen LogP contribution >= 0.6 is 0 Å². The Labute approximate surface area is 129 Å². The van der Waals surface area contributed by atoms with Crippen LogP contribution in [0.25, 0.3) is 0 Å². The van der Waals surface area contributed by atoms with Crippen molar-refractivity contribution in [2.45, 2.75) is 32.6 Å². The number of anilines is 1. The second-order valence-electron chi connectivity index (χ2n) is 5.69. The minimum Gasteiger partial charge on any atom is -0.469 e. The smallest absolute Gasteiger partial charge is 0.313 e. The fourth-order valence-corrected chi connectivity index (χ4v) is 2.64. The molecular weight excluding hydrogens is 286 g/mol. The van der Waals surface area contributed by atoms with E-state index in [-0.39, 0.29) is 18.3 Å². The number of piperidine rings is 1. The molecular formula is C14H23N5O3. The van der Waals surface area contributed by atoms with Gasteiger partial charge in [0.05, 0.1) is 7.11 Å². The SMILES string of the molecule is COC(=O)Cc1nc(NC(=O)CC(C)C2CCCNC2)n[nH]1. The molecule has 0 saturated carbocycles. The summed E-state index contributed by atoms with van der Waals surface area (Å²) in [5, 5.41) is 12.5. The molecule has 0 radical (unpaired) electrons. The summed E-state index contributed by atoms with van der Waals surface area (Å²) in [6, 6.07) is 0. The first-order valence-corrected chi connectivity index (χ1v) is 7.57. The van der Waals surface area contributed by atoms with E-state index in [4.69, 9.17) is 0 Å². The number of carbonyl (C=O) groups is 2. The quantitative estimate of drug-likeness (QED) is 0.660. The van der Waals surface area contributed by atoms with Crippen LogP contribution < -0.4 is 10.6 Å². The van der Waals surface area contributed by atoms with Crippen LogP contribution in [0, 0.1) is 11.8 Å². The van der Waals surface area contributed by atoms with Crippen LogP contribution in [-0.2, 0) is 20.7 Å². The van der Waals surface area contributed by atoms with Gasteiger partial charge in [-0.05, 0) is 37.8 Å². The number of carbonyl (C=O) groups excluding carboxylic acids is 2. The van der Waals surface area contributed by atoms with Gasteiger partial charge in [0.2, 0.25) is 11.9 Å². The molecule has 122 valence electrons. The number of nitrogens with zero attached hydrogens (tertiary/aromatic N) is 2. The average Bonchev–Trinajstić information content (AvgIpc) is 2.94. The van der Waals surface area contributed by atoms with E-state index in [0.717, 1.165) is 25.9 Å². The van der Waals surface area contributed by atoms with Gasteiger partial charge in [0.1, 0.15) is 12.2 Å². The summed E-state index contributed by atoms with van der Waals surface area (Å²) < 4.78 is 4.54. The molecule has 3 N–H and O–H groups in total. The van der Waals surface area contributed by atoms with Crippen LogP contribution in [0.3, 0.4) is 0 Å². The fraction of sp³-hybridized carbons (Fsp3) is 0.714. The monoisotopic (exact) mass is 309 g/mol. The van der Waals surface area contributed by atoms with Crippen molar-refractivity contribution >= 4 is 17.8 Å². The first kappa shape index (κ1) is 16.4. The van der Waals surface area contributed by atoms with Gasteiger partial charge in [0.25, 0.3) is 0 Å². The predicted octanol–water partition coefficient (Wildman–Crippen LogP) is 0.485. The normalized spacial score (nSPS) is 19.5. The van der Waals surface area contributed by atoms with Crippen molar-refractivity contribution in [1.29, 1.82) is 0 Å². The van der Waals surface area contributed by atoms with E-state index in [1.165, 1.54) is 7.11 Å². The largest absolute Gasteiger partial charge is 0.469 e. The first-order chi connectivity index (χ1) is 10.6. The van der Waals surface area contributed by atoms with Crippen molar-refractivity contribution in [3.05, 3.63) is 5.82 Å². The highest BCUT2D eigenvalue weighted by atomic mass is 16.5. The number of hydrogen-bond acceptors (Lipinski definition) is 6. The number of nitrogens with one attached hydrogen (secondary N) is 3. The number of esters is 1. The number of rotatable bonds is 6. The molecule has 0 aromatic carbocycles. The summed E-state index contributed by atoms with van der Waals surface area (Å²) in [4.78, 5) is 27.2. The number of amides is 1. The molecule has 8 heteroatoms. The lowest BCUT2D eigenvalue weighted by atomic mass is 9.85. The summed E-state index contributed by atoms with van der Waals surface area (Å²) in [5.41, 5.74) is 0. The second kappa shape index (κ2) is 7.88. The zero-order chi connectivity index (χ0) is 15.9. The highest BCUT2D eigenvalue weighted by Crippen LogP contribution is 2.22.